The van der Waals surface area contributed by atoms with E-state index in [-0.39, 0.29) is 12.1 Å². The van der Waals surface area contributed by atoms with Crippen LogP contribution in [0.2, 0.25) is 0 Å². The van der Waals surface area contributed by atoms with Crippen LogP contribution in [0.3, 0.4) is 0 Å². The molecule has 144 valence electrons. The van der Waals surface area contributed by atoms with Crippen LogP contribution >= 0.6 is 0 Å². The highest BCUT2D eigenvalue weighted by Crippen LogP contribution is 2.33. The van der Waals surface area contributed by atoms with Crippen LogP contribution in [0.1, 0.15) is 51.2 Å². The number of hydrogen-bond acceptors (Lipinski definition) is 5. The topological polar surface area (TPSA) is 76.1 Å². The average Bonchev–Trinajstić information content (AvgIpc) is 2.59. The Morgan fingerprint density at radius 3 is 2.23 bits per heavy atom. The number of likely N-dealkylation sites (tertiary alicyclic amines) is 1. The monoisotopic (exact) mass is 363 g/mol. The fraction of sp³-hybridized carbons (Fsp3) is 0.600. The van der Waals surface area contributed by atoms with Crippen LogP contribution in [0, 0.1) is 0 Å². The van der Waals surface area contributed by atoms with Crippen molar-refractivity contribution in [1.29, 1.82) is 0 Å². The summed E-state index contributed by atoms with van der Waals surface area (Å²) in [5.41, 5.74) is 0.390. The molecule has 1 aromatic carbocycles. The molecule has 0 radical (unpaired) electrons. The predicted octanol–water partition coefficient (Wildman–Crippen LogP) is 3.01. The van der Waals surface area contributed by atoms with Crippen molar-refractivity contribution < 1.29 is 24.2 Å². The molecule has 1 saturated heterocycles. The molecule has 6 nitrogen and oxygen atoms in total. The van der Waals surface area contributed by atoms with Crippen molar-refractivity contribution in [3.63, 3.8) is 0 Å². The van der Waals surface area contributed by atoms with E-state index in [2.05, 4.69) is 4.74 Å². The summed E-state index contributed by atoms with van der Waals surface area (Å²) >= 11 is 0. The highest BCUT2D eigenvalue weighted by atomic mass is 16.6. The Hall–Kier alpha value is -2.08. The highest BCUT2D eigenvalue weighted by molar-refractivity contribution is 5.69. The molecular weight excluding hydrogens is 334 g/mol. The molecule has 0 unspecified atom stereocenters. The van der Waals surface area contributed by atoms with Gasteiger partial charge in [-0.25, -0.2) is 4.79 Å². The molecule has 1 heterocycles. The molecule has 0 bridgehead atoms. The van der Waals surface area contributed by atoms with E-state index in [9.17, 15) is 14.7 Å². The van der Waals surface area contributed by atoms with E-state index < -0.39 is 11.2 Å². The summed E-state index contributed by atoms with van der Waals surface area (Å²) in [6.07, 6.45) is 1.54. The third-order valence-electron chi connectivity index (χ3n) is 4.58. The van der Waals surface area contributed by atoms with Crippen LogP contribution in [-0.4, -0.2) is 47.9 Å². The van der Waals surface area contributed by atoms with E-state index >= 15 is 0 Å². The molecule has 6 heteroatoms. The van der Waals surface area contributed by atoms with E-state index in [1.54, 1.807) is 4.90 Å². The molecule has 0 spiro atoms. The molecule has 0 aromatic heterocycles. The predicted molar refractivity (Wildman–Crippen MR) is 97.7 cm³/mol. The normalized spacial score (nSPS) is 16.9. The van der Waals surface area contributed by atoms with Gasteiger partial charge in [0.1, 0.15) is 5.60 Å². The Morgan fingerprint density at radius 2 is 1.73 bits per heavy atom. The maximum absolute atomic E-state index is 12.1. The Morgan fingerprint density at radius 1 is 1.15 bits per heavy atom. The van der Waals surface area contributed by atoms with Crippen LogP contribution in [0.4, 0.5) is 4.79 Å². The van der Waals surface area contributed by atoms with Crippen molar-refractivity contribution in [2.75, 3.05) is 20.2 Å². The molecule has 1 amide bonds. The van der Waals surface area contributed by atoms with Crippen molar-refractivity contribution in [2.24, 2.45) is 0 Å². The zero-order valence-corrected chi connectivity index (χ0v) is 16.1. The lowest BCUT2D eigenvalue weighted by atomic mass is 9.84. The number of ether oxygens (including phenoxy) is 2. The molecule has 0 saturated carbocycles. The molecule has 2 rings (SSSR count). The van der Waals surface area contributed by atoms with Crippen molar-refractivity contribution in [3.05, 3.63) is 35.4 Å². The number of nitrogens with zero attached hydrogens (tertiary/aromatic N) is 1. The summed E-state index contributed by atoms with van der Waals surface area (Å²) in [6.45, 7) is 6.43. The molecule has 1 aliphatic rings. The summed E-state index contributed by atoms with van der Waals surface area (Å²) in [5.74, 6) is -0.234. The van der Waals surface area contributed by atoms with Gasteiger partial charge in [0, 0.05) is 19.5 Å². The van der Waals surface area contributed by atoms with E-state index in [1.165, 1.54) is 7.11 Å². The minimum absolute atomic E-state index is 0.234. The first kappa shape index (κ1) is 20.2. The van der Waals surface area contributed by atoms with Crippen molar-refractivity contribution in [1.82, 2.24) is 4.90 Å². The van der Waals surface area contributed by atoms with Gasteiger partial charge < -0.3 is 19.5 Å². The van der Waals surface area contributed by atoms with Gasteiger partial charge in [-0.1, -0.05) is 24.3 Å². The largest absolute Gasteiger partial charge is 0.469 e. The fourth-order valence-electron chi connectivity index (χ4n) is 3.00. The second-order valence-corrected chi connectivity index (χ2v) is 7.77. The summed E-state index contributed by atoms with van der Waals surface area (Å²) < 4.78 is 10.0. The highest BCUT2D eigenvalue weighted by Gasteiger charge is 2.36. The van der Waals surface area contributed by atoms with Gasteiger partial charge in [0.05, 0.1) is 12.7 Å². The fourth-order valence-corrected chi connectivity index (χ4v) is 3.00. The zero-order valence-electron chi connectivity index (χ0n) is 16.1. The number of aliphatic hydroxyl groups is 1. The second kappa shape index (κ2) is 8.08. The van der Waals surface area contributed by atoms with Gasteiger partial charge in [-0.3, -0.25) is 4.79 Å². The third kappa shape index (κ3) is 5.46. The van der Waals surface area contributed by atoms with Gasteiger partial charge in [0.2, 0.25) is 0 Å². The minimum Gasteiger partial charge on any atom is -0.469 e. The van der Waals surface area contributed by atoms with Crippen LogP contribution < -0.4 is 0 Å². The number of carbonyl (C=O) groups excluding carboxylic acids is 2. The molecule has 26 heavy (non-hydrogen) atoms. The molecular formula is C20H29NO5. The first-order chi connectivity index (χ1) is 12.1. The van der Waals surface area contributed by atoms with Gasteiger partial charge in [-0.15, -0.1) is 0 Å². The molecule has 0 atom stereocenters. The summed E-state index contributed by atoms with van der Waals surface area (Å²) in [7, 11) is 1.38. The Labute approximate surface area is 155 Å². The standard InChI is InChI=1S/C20H29NO5/c1-19(2,3)26-18(23)21-13-11-20(24,12-14-21)16-8-5-15(6-9-16)7-10-17(22)25-4/h5-6,8-9,24H,7,10-14H2,1-4H3. The zero-order chi connectivity index (χ0) is 19.4. The number of esters is 1. The lowest BCUT2D eigenvalue weighted by Crippen LogP contribution is -2.46. The van der Waals surface area contributed by atoms with Crippen molar-refractivity contribution >= 4 is 12.1 Å². The van der Waals surface area contributed by atoms with E-state index in [0.717, 1.165) is 11.1 Å². The Kier molecular flexibility index (Phi) is 6.29. The lowest BCUT2D eigenvalue weighted by molar-refractivity contribution is -0.140. The Balaban J connectivity index is 1.93. The first-order valence-corrected chi connectivity index (χ1v) is 8.99. The molecule has 1 aliphatic heterocycles. The molecule has 1 aromatic rings. The van der Waals surface area contributed by atoms with Gasteiger partial charge >= 0.3 is 12.1 Å². The maximum Gasteiger partial charge on any atom is 0.410 e. The lowest BCUT2D eigenvalue weighted by Gasteiger charge is -2.39. The SMILES string of the molecule is COC(=O)CCc1ccc(C2(O)CCN(C(=O)OC(C)(C)C)CC2)cc1. The summed E-state index contributed by atoms with van der Waals surface area (Å²) in [4.78, 5) is 25.0. The van der Waals surface area contributed by atoms with E-state index in [4.69, 9.17) is 4.74 Å². The van der Waals surface area contributed by atoms with Crippen LogP contribution in [0.25, 0.3) is 0 Å². The van der Waals surface area contributed by atoms with Gasteiger partial charge in [-0.2, -0.15) is 0 Å². The first-order valence-electron chi connectivity index (χ1n) is 8.99. The smallest absolute Gasteiger partial charge is 0.410 e. The van der Waals surface area contributed by atoms with Gasteiger partial charge in [0.15, 0.2) is 0 Å². The number of benzene rings is 1. The summed E-state index contributed by atoms with van der Waals surface area (Å²) in [6, 6.07) is 7.65. The minimum atomic E-state index is -0.945. The maximum atomic E-state index is 12.1. The van der Waals surface area contributed by atoms with Gasteiger partial charge in [-0.05, 0) is 51.2 Å². The Bertz CT molecular complexity index is 625. The molecule has 1 fully saturated rings. The third-order valence-corrected chi connectivity index (χ3v) is 4.58. The van der Waals surface area contributed by atoms with Crippen molar-refractivity contribution in [2.45, 2.75) is 57.7 Å². The number of amides is 1. The van der Waals surface area contributed by atoms with Crippen molar-refractivity contribution in [3.8, 4) is 0 Å². The molecule has 1 N–H and O–H groups in total. The van der Waals surface area contributed by atoms with Crippen LogP contribution in [0.5, 0.6) is 0 Å². The second-order valence-electron chi connectivity index (χ2n) is 7.77. The number of methoxy groups -OCH3 is 1. The quantitative estimate of drug-likeness (QED) is 0.832. The van der Waals surface area contributed by atoms with Crippen LogP contribution in [-0.2, 0) is 26.3 Å². The number of carbonyl (C=O) groups is 2. The number of piperidine rings is 1. The van der Waals surface area contributed by atoms with E-state index in [1.807, 2.05) is 45.0 Å². The summed E-state index contributed by atoms with van der Waals surface area (Å²) in [5, 5.41) is 11.0. The van der Waals surface area contributed by atoms with E-state index in [0.29, 0.717) is 38.8 Å². The van der Waals surface area contributed by atoms with Crippen LogP contribution in [0.15, 0.2) is 24.3 Å². The molecule has 0 aliphatic carbocycles. The number of aryl methyl sites for hydroxylation is 1. The number of hydrogen-bond donors (Lipinski definition) is 1. The average molecular weight is 363 g/mol. The van der Waals surface area contributed by atoms with Gasteiger partial charge in [0.25, 0.3) is 0 Å². The number of rotatable bonds is 4.